The summed E-state index contributed by atoms with van der Waals surface area (Å²) in [6.07, 6.45) is -1.01. The molecule has 0 radical (unpaired) electrons. The van der Waals surface area contributed by atoms with E-state index in [1.165, 1.54) is 13.0 Å². The third kappa shape index (κ3) is 5.37. The Morgan fingerprint density at radius 2 is 1.86 bits per heavy atom. The van der Waals surface area contributed by atoms with Gasteiger partial charge in [-0.15, -0.1) is 0 Å². The van der Waals surface area contributed by atoms with Crippen LogP contribution in [0.1, 0.15) is 23.2 Å². The van der Waals surface area contributed by atoms with Gasteiger partial charge in [0.05, 0.1) is 0 Å². The quantitative estimate of drug-likeness (QED) is 0.583. The van der Waals surface area contributed by atoms with E-state index in [9.17, 15) is 9.59 Å². The molecule has 1 heterocycles. The van der Waals surface area contributed by atoms with Gasteiger partial charge in [0.25, 0.3) is 5.91 Å². The van der Waals surface area contributed by atoms with Crippen molar-refractivity contribution in [3.63, 3.8) is 0 Å². The minimum Gasteiger partial charge on any atom is -0.486 e. The first-order valence-corrected chi connectivity index (χ1v) is 8.93. The summed E-state index contributed by atoms with van der Waals surface area (Å²) in [5.74, 6) is -0.0650. The first-order valence-electron chi connectivity index (χ1n) is 8.55. The van der Waals surface area contributed by atoms with Crippen molar-refractivity contribution in [1.82, 2.24) is 0 Å². The zero-order valence-corrected chi connectivity index (χ0v) is 15.8. The Morgan fingerprint density at radius 1 is 1.07 bits per heavy atom. The Hall–Kier alpha value is -3.25. The molecular formula is C21H18ClNO5. The first kappa shape index (κ1) is 19.5. The molecule has 3 aromatic rings. The van der Waals surface area contributed by atoms with Crippen LogP contribution in [0.2, 0.25) is 5.02 Å². The lowest BCUT2D eigenvalue weighted by Gasteiger charge is -2.12. The summed E-state index contributed by atoms with van der Waals surface area (Å²) >= 11 is 5.88. The molecule has 0 aliphatic heterocycles. The number of esters is 1. The number of para-hydroxylation sites is 1. The van der Waals surface area contributed by atoms with E-state index in [4.69, 9.17) is 25.5 Å². The van der Waals surface area contributed by atoms with Crippen LogP contribution in [0.4, 0.5) is 5.69 Å². The number of carbonyl (C=O) groups is 2. The van der Waals surface area contributed by atoms with E-state index in [1.54, 1.807) is 30.3 Å². The Bertz CT molecular complexity index is 954. The van der Waals surface area contributed by atoms with Gasteiger partial charge >= 0.3 is 5.97 Å². The molecule has 0 aliphatic carbocycles. The second-order valence-corrected chi connectivity index (χ2v) is 6.35. The second-order valence-electron chi connectivity index (χ2n) is 5.91. The number of rotatable bonds is 7. The van der Waals surface area contributed by atoms with Crippen LogP contribution in [0.25, 0.3) is 0 Å². The zero-order valence-electron chi connectivity index (χ0n) is 15.1. The van der Waals surface area contributed by atoms with Crippen molar-refractivity contribution >= 4 is 29.2 Å². The van der Waals surface area contributed by atoms with E-state index in [0.717, 1.165) is 0 Å². The third-order valence-electron chi connectivity index (χ3n) is 3.73. The van der Waals surface area contributed by atoms with E-state index in [2.05, 4.69) is 5.32 Å². The number of hydrogen-bond acceptors (Lipinski definition) is 5. The number of anilines is 1. The Kier molecular flexibility index (Phi) is 6.34. The normalized spacial score (nSPS) is 11.5. The number of furan rings is 1. The first-order chi connectivity index (χ1) is 13.5. The smallest absolute Gasteiger partial charge is 0.375 e. The predicted octanol–water partition coefficient (Wildman–Crippen LogP) is 4.70. The molecule has 3 rings (SSSR count). The molecule has 1 aromatic heterocycles. The Balaban J connectivity index is 1.52. The fourth-order valence-corrected chi connectivity index (χ4v) is 2.51. The molecule has 1 atom stereocenters. The average Bonchev–Trinajstić information content (AvgIpc) is 3.16. The van der Waals surface area contributed by atoms with Gasteiger partial charge in [-0.05, 0) is 49.4 Å². The van der Waals surface area contributed by atoms with Crippen molar-refractivity contribution in [1.29, 1.82) is 0 Å². The van der Waals surface area contributed by atoms with E-state index in [0.29, 0.717) is 22.2 Å². The van der Waals surface area contributed by atoms with Crippen LogP contribution >= 0.6 is 11.6 Å². The maximum Gasteiger partial charge on any atom is 0.375 e. The summed E-state index contributed by atoms with van der Waals surface area (Å²) in [6, 6.07) is 19.0. The summed E-state index contributed by atoms with van der Waals surface area (Å²) in [5, 5.41) is 3.12. The van der Waals surface area contributed by atoms with Gasteiger partial charge in [-0.3, -0.25) is 4.79 Å². The molecule has 0 fully saturated rings. The minimum absolute atomic E-state index is 0.00549. The van der Waals surface area contributed by atoms with E-state index in [1.807, 2.05) is 30.3 Å². The van der Waals surface area contributed by atoms with Gasteiger partial charge in [0.1, 0.15) is 18.1 Å². The van der Waals surface area contributed by atoms with E-state index >= 15 is 0 Å². The van der Waals surface area contributed by atoms with Crippen LogP contribution in [-0.4, -0.2) is 18.0 Å². The molecule has 0 aliphatic rings. The van der Waals surface area contributed by atoms with Crippen LogP contribution in [0, 0.1) is 0 Å². The van der Waals surface area contributed by atoms with E-state index in [-0.39, 0.29) is 12.4 Å². The van der Waals surface area contributed by atoms with Crippen molar-refractivity contribution in [3.8, 4) is 5.75 Å². The highest BCUT2D eigenvalue weighted by molar-refractivity contribution is 6.30. The molecule has 144 valence electrons. The van der Waals surface area contributed by atoms with Crippen LogP contribution in [0.5, 0.6) is 5.75 Å². The van der Waals surface area contributed by atoms with Crippen molar-refractivity contribution in [3.05, 3.63) is 83.3 Å². The van der Waals surface area contributed by atoms with Crippen molar-refractivity contribution in [2.75, 3.05) is 5.32 Å². The maximum absolute atomic E-state index is 12.2. The second kappa shape index (κ2) is 9.10. The number of ether oxygens (including phenoxy) is 2. The van der Waals surface area contributed by atoms with Crippen molar-refractivity contribution in [2.24, 2.45) is 0 Å². The standard InChI is InChI=1S/C21H18ClNO5/c1-14(20(24)23-16-7-5-6-15(22)12-16)27-21(25)19-11-10-18(28-19)13-26-17-8-3-2-4-9-17/h2-12,14H,13H2,1H3,(H,23,24)/t14-/m0/s1. The van der Waals surface area contributed by atoms with Gasteiger partial charge in [-0.2, -0.15) is 0 Å². The topological polar surface area (TPSA) is 77.8 Å². The van der Waals surface area contributed by atoms with Crippen molar-refractivity contribution in [2.45, 2.75) is 19.6 Å². The van der Waals surface area contributed by atoms with Crippen LogP contribution < -0.4 is 10.1 Å². The lowest BCUT2D eigenvalue weighted by Crippen LogP contribution is -2.29. The molecule has 7 heteroatoms. The van der Waals surface area contributed by atoms with Crippen molar-refractivity contribution < 1.29 is 23.5 Å². The summed E-state index contributed by atoms with van der Waals surface area (Å²) in [5.41, 5.74) is 0.513. The summed E-state index contributed by atoms with van der Waals surface area (Å²) in [4.78, 5) is 24.4. The Labute approximate surface area is 167 Å². The Morgan fingerprint density at radius 3 is 2.61 bits per heavy atom. The summed E-state index contributed by atoms with van der Waals surface area (Å²) in [7, 11) is 0. The van der Waals surface area contributed by atoms with Crippen LogP contribution in [0.3, 0.4) is 0 Å². The molecule has 0 saturated heterocycles. The molecule has 28 heavy (non-hydrogen) atoms. The van der Waals surface area contributed by atoms with Gasteiger partial charge in [0, 0.05) is 10.7 Å². The van der Waals surface area contributed by atoms with Crippen LogP contribution in [-0.2, 0) is 16.1 Å². The number of nitrogens with one attached hydrogen (secondary N) is 1. The molecule has 1 amide bonds. The highest BCUT2D eigenvalue weighted by atomic mass is 35.5. The number of benzene rings is 2. The van der Waals surface area contributed by atoms with Gasteiger partial charge in [0.15, 0.2) is 6.10 Å². The average molecular weight is 400 g/mol. The molecule has 0 saturated carbocycles. The van der Waals surface area contributed by atoms with Gasteiger partial charge in [-0.25, -0.2) is 4.79 Å². The number of hydrogen-bond donors (Lipinski definition) is 1. The SMILES string of the molecule is C[C@H](OC(=O)c1ccc(COc2ccccc2)o1)C(=O)Nc1cccc(Cl)c1. The number of carbonyl (C=O) groups excluding carboxylic acids is 2. The molecule has 0 bridgehead atoms. The van der Waals surface area contributed by atoms with Gasteiger partial charge in [0.2, 0.25) is 5.76 Å². The van der Waals surface area contributed by atoms with Crippen LogP contribution in [0.15, 0.2) is 71.1 Å². The highest BCUT2D eigenvalue weighted by Crippen LogP contribution is 2.17. The zero-order chi connectivity index (χ0) is 19.9. The fraction of sp³-hybridized carbons (Fsp3) is 0.143. The molecule has 0 unspecified atom stereocenters. The van der Waals surface area contributed by atoms with Gasteiger partial charge in [-0.1, -0.05) is 35.9 Å². The van der Waals surface area contributed by atoms with Gasteiger partial charge < -0.3 is 19.2 Å². The lowest BCUT2D eigenvalue weighted by atomic mass is 10.3. The third-order valence-corrected chi connectivity index (χ3v) is 3.97. The van der Waals surface area contributed by atoms with E-state index < -0.39 is 18.0 Å². The minimum atomic E-state index is -1.01. The molecule has 1 N–H and O–H groups in total. The molecule has 2 aromatic carbocycles. The monoisotopic (exact) mass is 399 g/mol. The lowest BCUT2D eigenvalue weighted by molar-refractivity contribution is -0.123. The maximum atomic E-state index is 12.2. The molecule has 6 nitrogen and oxygen atoms in total. The summed E-state index contributed by atoms with van der Waals surface area (Å²) in [6.45, 7) is 1.64. The highest BCUT2D eigenvalue weighted by Gasteiger charge is 2.21. The fourth-order valence-electron chi connectivity index (χ4n) is 2.32. The summed E-state index contributed by atoms with van der Waals surface area (Å²) < 4.78 is 16.2. The number of amides is 1. The molecule has 0 spiro atoms. The number of halogens is 1. The predicted molar refractivity (Wildman–Crippen MR) is 104 cm³/mol. The molecular weight excluding hydrogens is 382 g/mol. The largest absolute Gasteiger partial charge is 0.486 e.